The van der Waals surface area contributed by atoms with Crippen LogP contribution < -0.4 is 5.48 Å². The molecule has 1 saturated heterocycles. The van der Waals surface area contributed by atoms with Crippen LogP contribution in [-0.4, -0.2) is 57.3 Å². The Hall–Kier alpha value is -3.78. The SMILES string of the molecule is CC(=O)N1CCN(C(=O)C=Cc2cccc(C=CC(=O)NO)n2)CC1c1ccccc1. The lowest BCUT2D eigenvalue weighted by Crippen LogP contribution is -2.51. The van der Waals surface area contributed by atoms with Crippen molar-refractivity contribution in [1.82, 2.24) is 20.3 Å². The lowest BCUT2D eigenvalue weighted by atomic mass is 10.0. The smallest absolute Gasteiger partial charge is 0.267 e. The predicted molar refractivity (Wildman–Crippen MR) is 115 cm³/mol. The van der Waals surface area contributed by atoms with Crippen LogP contribution in [0.15, 0.2) is 60.7 Å². The summed E-state index contributed by atoms with van der Waals surface area (Å²) in [5, 5.41) is 8.53. The Balaban J connectivity index is 1.70. The van der Waals surface area contributed by atoms with E-state index in [1.807, 2.05) is 30.3 Å². The number of hydroxylamine groups is 1. The summed E-state index contributed by atoms with van der Waals surface area (Å²) < 4.78 is 0. The van der Waals surface area contributed by atoms with Gasteiger partial charge in [-0.2, -0.15) is 0 Å². The van der Waals surface area contributed by atoms with Crippen molar-refractivity contribution in [1.29, 1.82) is 0 Å². The average molecular weight is 420 g/mol. The number of amides is 3. The minimum atomic E-state index is -0.657. The second-order valence-electron chi connectivity index (χ2n) is 7.05. The van der Waals surface area contributed by atoms with Crippen molar-refractivity contribution in [2.45, 2.75) is 13.0 Å². The van der Waals surface area contributed by atoms with E-state index in [0.717, 1.165) is 11.6 Å². The number of aromatic nitrogens is 1. The molecule has 1 aromatic heterocycles. The van der Waals surface area contributed by atoms with Crippen LogP contribution in [0.3, 0.4) is 0 Å². The Labute approximate surface area is 180 Å². The molecular weight excluding hydrogens is 396 g/mol. The molecule has 2 heterocycles. The Morgan fingerprint density at radius 2 is 1.68 bits per heavy atom. The van der Waals surface area contributed by atoms with E-state index >= 15 is 0 Å². The number of hydrogen-bond acceptors (Lipinski definition) is 5. The van der Waals surface area contributed by atoms with E-state index in [1.165, 1.54) is 17.6 Å². The summed E-state index contributed by atoms with van der Waals surface area (Å²) in [5.74, 6) is -0.831. The fraction of sp³-hybridized carbons (Fsp3) is 0.217. The number of pyridine rings is 1. The van der Waals surface area contributed by atoms with E-state index in [9.17, 15) is 14.4 Å². The molecule has 1 atom stereocenters. The Kier molecular flexibility index (Phi) is 7.29. The lowest BCUT2D eigenvalue weighted by Gasteiger charge is -2.41. The number of carbonyl (C=O) groups is 3. The Bertz CT molecular complexity index is 1000. The fourth-order valence-electron chi connectivity index (χ4n) is 3.44. The minimum Gasteiger partial charge on any atom is -0.335 e. The molecule has 8 nitrogen and oxygen atoms in total. The van der Waals surface area contributed by atoms with E-state index in [-0.39, 0.29) is 17.9 Å². The van der Waals surface area contributed by atoms with Gasteiger partial charge in [0, 0.05) is 38.7 Å². The van der Waals surface area contributed by atoms with Gasteiger partial charge >= 0.3 is 0 Å². The summed E-state index contributed by atoms with van der Waals surface area (Å²) in [6.07, 6.45) is 5.68. The zero-order chi connectivity index (χ0) is 22.2. The molecule has 1 fully saturated rings. The van der Waals surface area contributed by atoms with Gasteiger partial charge in [-0.25, -0.2) is 10.5 Å². The quantitative estimate of drug-likeness (QED) is 0.438. The molecule has 2 N–H and O–H groups in total. The van der Waals surface area contributed by atoms with E-state index in [0.29, 0.717) is 31.0 Å². The molecule has 0 aliphatic carbocycles. The first-order chi connectivity index (χ1) is 15.0. The highest BCUT2D eigenvalue weighted by molar-refractivity contribution is 5.92. The van der Waals surface area contributed by atoms with Crippen LogP contribution in [0.1, 0.15) is 29.9 Å². The molecule has 3 rings (SSSR count). The van der Waals surface area contributed by atoms with Crippen LogP contribution in [0.4, 0.5) is 0 Å². The van der Waals surface area contributed by atoms with Crippen molar-refractivity contribution in [3.8, 4) is 0 Å². The van der Waals surface area contributed by atoms with Gasteiger partial charge < -0.3 is 9.80 Å². The highest BCUT2D eigenvalue weighted by atomic mass is 16.5. The first-order valence-electron chi connectivity index (χ1n) is 9.86. The van der Waals surface area contributed by atoms with E-state index < -0.39 is 5.91 Å². The monoisotopic (exact) mass is 420 g/mol. The lowest BCUT2D eigenvalue weighted by molar-refractivity contribution is -0.139. The third-order valence-electron chi connectivity index (χ3n) is 4.99. The zero-order valence-electron chi connectivity index (χ0n) is 17.1. The number of carbonyl (C=O) groups excluding carboxylic acids is 3. The molecule has 1 unspecified atom stereocenters. The number of rotatable bonds is 5. The number of nitrogens with zero attached hydrogens (tertiary/aromatic N) is 3. The molecule has 8 heteroatoms. The number of hydrogen-bond donors (Lipinski definition) is 2. The van der Waals surface area contributed by atoms with E-state index in [2.05, 4.69) is 4.98 Å². The summed E-state index contributed by atoms with van der Waals surface area (Å²) in [4.78, 5) is 43.8. The van der Waals surface area contributed by atoms with Gasteiger partial charge in [-0.1, -0.05) is 36.4 Å². The van der Waals surface area contributed by atoms with E-state index in [4.69, 9.17) is 5.21 Å². The highest BCUT2D eigenvalue weighted by Gasteiger charge is 2.31. The van der Waals surface area contributed by atoms with Gasteiger partial charge in [-0.05, 0) is 29.8 Å². The third-order valence-corrected chi connectivity index (χ3v) is 4.99. The summed E-state index contributed by atoms with van der Waals surface area (Å²) in [7, 11) is 0. The zero-order valence-corrected chi connectivity index (χ0v) is 17.1. The third kappa shape index (κ3) is 5.86. The molecular formula is C23H24N4O4. The van der Waals surface area contributed by atoms with Crippen molar-refractivity contribution in [2.75, 3.05) is 19.6 Å². The van der Waals surface area contributed by atoms with Crippen LogP contribution in [0.2, 0.25) is 0 Å². The molecule has 3 amide bonds. The van der Waals surface area contributed by atoms with Crippen molar-refractivity contribution < 1.29 is 19.6 Å². The molecule has 0 saturated carbocycles. The normalized spacial score (nSPS) is 16.6. The van der Waals surface area contributed by atoms with Crippen LogP contribution in [0.25, 0.3) is 12.2 Å². The van der Waals surface area contributed by atoms with Gasteiger partial charge in [0.25, 0.3) is 5.91 Å². The summed E-state index contributed by atoms with van der Waals surface area (Å²) >= 11 is 0. The van der Waals surface area contributed by atoms with Crippen LogP contribution >= 0.6 is 0 Å². The molecule has 2 aromatic rings. The molecule has 1 aromatic carbocycles. The van der Waals surface area contributed by atoms with Gasteiger partial charge in [-0.3, -0.25) is 19.6 Å². The number of benzene rings is 1. The van der Waals surface area contributed by atoms with Crippen molar-refractivity contribution in [2.24, 2.45) is 0 Å². The van der Waals surface area contributed by atoms with E-state index in [1.54, 1.807) is 41.0 Å². The van der Waals surface area contributed by atoms with Crippen molar-refractivity contribution >= 4 is 29.9 Å². The standard InChI is InChI=1S/C23H24N4O4/c1-17(28)27-15-14-26(16-21(27)18-6-3-2-4-7-18)23(30)13-11-20-9-5-8-19(24-20)10-12-22(29)25-31/h2-13,21,31H,14-16H2,1H3,(H,25,29). The molecule has 160 valence electrons. The predicted octanol–water partition coefficient (Wildman–Crippen LogP) is 2.05. The Morgan fingerprint density at radius 3 is 2.32 bits per heavy atom. The van der Waals surface area contributed by atoms with Crippen molar-refractivity contribution in [3.05, 3.63) is 77.6 Å². The van der Waals surface area contributed by atoms with Gasteiger partial charge in [-0.15, -0.1) is 0 Å². The topological polar surface area (TPSA) is 103 Å². The number of piperazine rings is 1. The van der Waals surface area contributed by atoms with Gasteiger partial charge in [0.2, 0.25) is 11.8 Å². The van der Waals surface area contributed by atoms with Gasteiger partial charge in [0.15, 0.2) is 0 Å². The molecule has 31 heavy (non-hydrogen) atoms. The van der Waals surface area contributed by atoms with Crippen LogP contribution in [0, 0.1) is 0 Å². The minimum absolute atomic E-state index is 0.0135. The molecule has 0 radical (unpaired) electrons. The maximum absolute atomic E-state index is 12.8. The van der Waals surface area contributed by atoms with Crippen LogP contribution in [-0.2, 0) is 14.4 Å². The summed E-state index contributed by atoms with van der Waals surface area (Å²) in [6, 6.07) is 14.7. The van der Waals surface area contributed by atoms with Gasteiger partial charge in [0.05, 0.1) is 17.4 Å². The number of nitrogens with one attached hydrogen (secondary N) is 1. The largest absolute Gasteiger partial charge is 0.335 e. The molecule has 1 aliphatic heterocycles. The summed E-state index contributed by atoms with van der Waals surface area (Å²) in [5.41, 5.74) is 3.57. The highest BCUT2D eigenvalue weighted by Crippen LogP contribution is 2.25. The fourth-order valence-corrected chi connectivity index (χ4v) is 3.44. The molecule has 0 spiro atoms. The Morgan fingerprint density at radius 1 is 1.00 bits per heavy atom. The average Bonchev–Trinajstić information content (AvgIpc) is 2.81. The second-order valence-corrected chi connectivity index (χ2v) is 7.05. The first kappa shape index (κ1) is 21.9. The maximum atomic E-state index is 12.8. The van der Waals surface area contributed by atoms with Crippen LogP contribution in [0.5, 0.6) is 0 Å². The van der Waals surface area contributed by atoms with Gasteiger partial charge in [0.1, 0.15) is 0 Å². The summed E-state index contributed by atoms with van der Waals surface area (Å²) in [6.45, 7) is 2.89. The first-order valence-corrected chi connectivity index (χ1v) is 9.86. The molecule has 1 aliphatic rings. The molecule has 0 bridgehead atoms. The second kappa shape index (κ2) is 10.3. The maximum Gasteiger partial charge on any atom is 0.267 e. The van der Waals surface area contributed by atoms with Crippen molar-refractivity contribution in [3.63, 3.8) is 0 Å².